The lowest BCUT2D eigenvalue weighted by molar-refractivity contribution is -0.140. The first-order valence-corrected chi connectivity index (χ1v) is 4.21. The first-order valence-electron chi connectivity index (χ1n) is 4.21. The average Bonchev–Trinajstić information content (AvgIpc) is 2.15. The summed E-state index contributed by atoms with van der Waals surface area (Å²) in [5, 5.41) is 0. The number of hydrogen-bond acceptors (Lipinski definition) is 2. The molecule has 0 aliphatic rings. The van der Waals surface area contributed by atoms with Crippen LogP contribution in [-0.4, -0.2) is 12.6 Å². The Bertz CT molecular complexity index is 306. The number of halogens is 3. The predicted molar refractivity (Wildman–Crippen MR) is 48.6 cm³/mol. The van der Waals surface area contributed by atoms with Crippen LogP contribution in [0.2, 0.25) is 0 Å². The Kier molecular flexibility index (Phi) is 6.17. The summed E-state index contributed by atoms with van der Waals surface area (Å²) in [7, 11) is 0. The van der Waals surface area contributed by atoms with E-state index < -0.39 is 17.5 Å². The van der Waals surface area contributed by atoms with E-state index in [-0.39, 0.29) is 5.97 Å². The van der Waals surface area contributed by atoms with Gasteiger partial charge in [-0.05, 0) is 19.1 Å². The molecule has 84 valence electrons. The molecule has 0 aromatic heterocycles. The Labute approximate surface area is 85.7 Å². The fourth-order valence-corrected chi connectivity index (χ4v) is 0.681. The number of benzene rings is 1. The maximum absolute atomic E-state index is 12.0. The van der Waals surface area contributed by atoms with E-state index in [2.05, 4.69) is 4.74 Å². The van der Waals surface area contributed by atoms with E-state index in [1.54, 1.807) is 6.92 Å². The normalized spacial score (nSPS) is 8.87. The minimum atomic E-state index is -1.42. The average molecular weight is 220 g/mol. The van der Waals surface area contributed by atoms with E-state index >= 15 is 0 Å². The number of ether oxygens (including phenoxy) is 1. The molecule has 0 spiro atoms. The Morgan fingerprint density at radius 2 is 1.73 bits per heavy atom. The van der Waals surface area contributed by atoms with Gasteiger partial charge in [-0.25, -0.2) is 13.2 Å². The third kappa shape index (κ3) is 5.72. The molecule has 1 aromatic carbocycles. The Hall–Kier alpha value is -1.52. The molecule has 1 rings (SSSR count). The maximum Gasteiger partial charge on any atom is 0.302 e. The van der Waals surface area contributed by atoms with Crippen molar-refractivity contribution in [1.29, 1.82) is 0 Å². The molecule has 1 aromatic rings. The third-order valence-electron chi connectivity index (χ3n) is 1.25. The molecule has 0 N–H and O–H groups in total. The third-order valence-corrected chi connectivity index (χ3v) is 1.25. The molecule has 0 amide bonds. The lowest BCUT2D eigenvalue weighted by atomic mass is 10.3. The van der Waals surface area contributed by atoms with Crippen molar-refractivity contribution in [3.63, 3.8) is 0 Å². The van der Waals surface area contributed by atoms with E-state index in [1.165, 1.54) is 6.92 Å². The summed E-state index contributed by atoms with van der Waals surface area (Å²) < 4.78 is 40.3. The Morgan fingerprint density at radius 3 is 1.93 bits per heavy atom. The van der Waals surface area contributed by atoms with Gasteiger partial charge >= 0.3 is 5.97 Å². The maximum atomic E-state index is 12.0. The lowest BCUT2D eigenvalue weighted by Crippen LogP contribution is -1.95. The minimum absolute atomic E-state index is 0.211. The van der Waals surface area contributed by atoms with Crippen LogP contribution in [0.15, 0.2) is 18.2 Å². The smallest absolute Gasteiger partial charge is 0.302 e. The van der Waals surface area contributed by atoms with Crippen LogP contribution in [-0.2, 0) is 9.53 Å². The Morgan fingerprint density at radius 1 is 1.27 bits per heavy atom. The second kappa shape index (κ2) is 6.86. The van der Waals surface area contributed by atoms with Gasteiger partial charge in [0.15, 0.2) is 17.5 Å². The zero-order chi connectivity index (χ0) is 11.8. The second-order valence-electron chi connectivity index (χ2n) is 2.46. The number of rotatable bonds is 1. The fourth-order valence-electron chi connectivity index (χ4n) is 0.681. The quantitative estimate of drug-likeness (QED) is 0.537. The largest absolute Gasteiger partial charge is 0.466 e. The van der Waals surface area contributed by atoms with Crippen molar-refractivity contribution in [3.8, 4) is 0 Å². The first-order chi connectivity index (χ1) is 6.99. The number of hydrogen-bond donors (Lipinski definition) is 0. The summed E-state index contributed by atoms with van der Waals surface area (Å²) in [6.07, 6.45) is 0. The highest BCUT2D eigenvalue weighted by Gasteiger charge is 2.04. The zero-order valence-corrected chi connectivity index (χ0v) is 8.39. The SMILES string of the molecule is CCOC(C)=O.Fc1cccc(F)c1F. The van der Waals surface area contributed by atoms with Crippen LogP contribution in [0.1, 0.15) is 13.8 Å². The molecule has 0 bridgehead atoms. The van der Waals surface area contributed by atoms with Gasteiger partial charge in [-0.15, -0.1) is 0 Å². The molecule has 0 saturated carbocycles. The van der Waals surface area contributed by atoms with E-state index in [0.717, 1.165) is 18.2 Å². The molecular weight excluding hydrogens is 209 g/mol. The predicted octanol–water partition coefficient (Wildman–Crippen LogP) is 2.67. The van der Waals surface area contributed by atoms with Crippen molar-refractivity contribution in [1.82, 2.24) is 0 Å². The molecular formula is C10H11F3O2. The number of carbonyl (C=O) groups excluding carboxylic acids is 1. The summed E-state index contributed by atoms with van der Waals surface area (Å²) in [4.78, 5) is 9.82. The summed E-state index contributed by atoms with van der Waals surface area (Å²) in [6, 6.07) is 2.82. The van der Waals surface area contributed by atoms with Gasteiger partial charge in [-0.2, -0.15) is 0 Å². The molecule has 15 heavy (non-hydrogen) atoms. The van der Waals surface area contributed by atoms with Crippen molar-refractivity contribution < 1.29 is 22.7 Å². The van der Waals surface area contributed by atoms with Crippen molar-refractivity contribution in [2.24, 2.45) is 0 Å². The van der Waals surface area contributed by atoms with Gasteiger partial charge in [-0.1, -0.05) is 6.07 Å². The Balaban J connectivity index is 0.000000288. The van der Waals surface area contributed by atoms with Crippen LogP contribution < -0.4 is 0 Å². The topological polar surface area (TPSA) is 26.3 Å². The second-order valence-corrected chi connectivity index (χ2v) is 2.46. The van der Waals surface area contributed by atoms with Gasteiger partial charge in [0.1, 0.15) is 0 Å². The molecule has 0 aliphatic heterocycles. The minimum Gasteiger partial charge on any atom is -0.466 e. The van der Waals surface area contributed by atoms with Crippen LogP contribution in [0.5, 0.6) is 0 Å². The molecule has 0 aliphatic carbocycles. The molecule has 0 heterocycles. The summed E-state index contributed by atoms with van der Waals surface area (Å²) >= 11 is 0. The summed E-state index contributed by atoms with van der Waals surface area (Å²) in [6.45, 7) is 3.65. The highest BCUT2D eigenvalue weighted by atomic mass is 19.2. The van der Waals surface area contributed by atoms with Crippen LogP contribution >= 0.6 is 0 Å². The van der Waals surface area contributed by atoms with E-state index in [0.29, 0.717) is 6.61 Å². The van der Waals surface area contributed by atoms with E-state index in [1.807, 2.05) is 0 Å². The summed E-state index contributed by atoms with van der Waals surface area (Å²) in [5.74, 6) is -3.94. The highest BCUT2D eigenvalue weighted by molar-refractivity contribution is 5.65. The molecule has 0 radical (unpaired) electrons. The van der Waals surface area contributed by atoms with Gasteiger partial charge in [0.05, 0.1) is 6.61 Å². The highest BCUT2D eigenvalue weighted by Crippen LogP contribution is 2.07. The molecule has 5 heteroatoms. The molecule has 0 saturated heterocycles. The zero-order valence-electron chi connectivity index (χ0n) is 8.39. The van der Waals surface area contributed by atoms with E-state index in [9.17, 15) is 18.0 Å². The van der Waals surface area contributed by atoms with Crippen LogP contribution in [0.4, 0.5) is 13.2 Å². The molecule has 0 unspecified atom stereocenters. The van der Waals surface area contributed by atoms with Crippen molar-refractivity contribution in [2.45, 2.75) is 13.8 Å². The number of carbonyl (C=O) groups is 1. The van der Waals surface area contributed by atoms with Gasteiger partial charge < -0.3 is 4.74 Å². The van der Waals surface area contributed by atoms with Crippen LogP contribution in [0, 0.1) is 17.5 Å². The standard InChI is InChI=1S/C6H3F3.C4H8O2/c7-4-2-1-3-5(8)6(4)9;1-3-6-4(2)5/h1-3H;3H2,1-2H3. The van der Waals surface area contributed by atoms with Gasteiger partial charge in [-0.3, -0.25) is 4.79 Å². The van der Waals surface area contributed by atoms with Crippen molar-refractivity contribution in [2.75, 3.05) is 6.61 Å². The lowest BCUT2D eigenvalue weighted by Gasteiger charge is -1.90. The van der Waals surface area contributed by atoms with E-state index in [4.69, 9.17) is 0 Å². The summed E-state index contributed by atoms with van der Waals surface area (Å²) in [5.41, 5.74) is 0. The van der Waals surface area contributed by atoms with Crippen molar-refractivity contribution in [3.05, 3.63) is 35.7 Å². The van der Waals surface area contributed by atoms with Crippen LogP contribution in [0.25, 0.3) is 0 Å². The van der Waals surface area contributed by atoms with Crippen LogP contribution in [0.3, 0.4) is 0 Å². The molecule has 0 fully saturated rings. The van der Waals surface area contributed by atoms with Gasteiger partial charge in [0.2, 0.25) is 0 Å². The van der Waals surface area contributed by atoms with Crippen molar-refractivity contribution >= 4 is 5.97 Å². The number of esters is 1. The monoisotopic (exact) mass is 220 g/mol. The fraction of sp³-hybridized carbons (Fsp3) is 0.300. The molecule has 2 nitrogen and oxygen atoms in total. The van der Waals surface area contributed by atoms with Gasteiger partial charge in [0.25, 0.3) is 0 Å². The first kappa shape index (κ1) is 13.5. The molecule has 0 atom stereocenters. The van der Waals surface area contributed by atoms with Gasteiger partial charge in [0, 0.05) is 6.92 Å².